The molecule has 0 saturated carbocycles. The second-order valence-corrected chi connectivity index (χ2v) is 2.94. The zero-order valence-corrected chi connectivity index (χ0v) is 7.72. The molecule has 0 spiro atoms. The van der Waals surface area contributed by atoms with Gasteiger partial charge in [0, 0.05) is 5.11 Å². The molecule has 0 aromatic carbocycles. The van der Waals surface area contributed by atoms with Gasteiger partial charge < -0.3 is 5.21 Å². The first-order valence-electron chi connectivity index (χ1n) is 3.21. The Balaban J connectivity index is 3.43. The van der Waals surface area contributed by atoms with Crippen molar-refractivity contribution < 1.29 is 9.81 Å². The van der Waals surface area contributed by atoms with Gasteiger partial charge in [0.2, 0.25) is 0 Å². The first kappa shape index (κ1) is 10.5. The predicted octanol–water partition coefficient (Wildman–Crippen LogP) is 1.11. The van der Waals surface area contributed by atoms with E-state index >= 15 is 0 Å². The number of hydrogen-bond acceptors (Lipinski definition) is 4. The van der Waals surface area contributed by atoms with Crippen LogP contribution in [-0.4, -0.2) is 23.2 Å². The topological polar surface area (TPSA) is 59.7 Å². The van der Waals surface area contributed by atoms with Crippen molar-refractivity contribution in [2.75, 3.05) is 12.2 Å². The predicted molar refractivity (Wildman–Crippen MR) is 43.8 cm³/mol. The molecule has 0 bridgehead atoms. The van der Waals surface area contributed by atoms with E-state index in [0.717, 1.165) is 0 Å². The zero-order chi connectivity index (χ0) is 8.69. The quantitative estimate of drug-likeness (QED) is 0.226. The van der Waals surface area contributed by atoms with Crippen molar-refractivity contribution in [2.45, 2.75) is 19.9 Å². The third-order valence-electron chi connectivity index (χ3n) is 0.655. The maximum Gasteiger partial charge on any atom is 0.126 e. The Morgan fingerprint density at radius 1 is 1.73 bits per heavy atom. The van der Waals surface area contributed by atoms with E-state index in [4.69, 9.17) is 0 Å². The highest BCUT2D eigenvalue weighted by Crippen LogP contribution is 1.89. The van der Waals surface area contributed by atoms with E-state index in [9.17, 15) is 5.21 Å². The van der Waals surface area contributed by atoms with Gasteiger partial charge >= 0.3 is 0 Å². The van der Waals surface area contributed by atoms with Gasteiger partial charge in [0.05, 0.1) is 4.97 Å². The molecule has 0 rings (SSSR count). The zero-order valence-electron chi connectivity index (χ0n) is 6.90. The fourth-order valence-electron chi connectivity index (χ4n) is 0.374. The van der Waals surface area contributed by atoms with Gasteiger partial charge in [-0.05, 0) is 25.7 Å². The number of hydrazine groups is 1. The summed E-state index contributed by atoms with van der Waals surface area (Å²) >= 11 is 1.47. The van der Waals surface area contributed by atoms with E-state index in [-0.39, 0.29) is 6.04 Å². The smallest absolute Gasteiger partial charge is 0.126 e. The standard InChI is InChI=1S/C5H13N3O2S/c1-5(2)6-8(9)7-10-4-11-3/h5H,4H2,1-3H3,(H,6,7). The fraction of sp³-hybridized carbons (Fsp3) is 1.00. The lowest BCUT2D eigenvalue weighted by Gasteiger charge is -2.01. The van der Waals surface area contributed by atoms with Crippen molar-refractivity contribution in [3.63, 3.8) is 0 Å². The molecule has 0 atom stereocenters. The molecule has 0 amide bonds. The minimum atomic E-state index is -0.0297. The summed E-state index contributed by atoms with van der Waals surface area (Å²) < 4.78 is 0. The van der Waals surface area contributed by atoms with Crippen LogP contribution in [0, 0.1) is 5.21 Å². The number of thioether (sulfide) groups is 1. The molecule has 0 aromatic heterocycles. The lowest BCUT2D eigenvalue weighted by Crippen LogP contribution is -2.23. The van der Waals surface area contributed by atoms with Crippen molar-refractivity contribution in [3.05, 3.63) is 5.21 Å². The van der Waals surface area contributed by atoms with Gasteiger partial charge in [-0.25, -0.2) is 4.84 Å². The largest absolute Gasteiger partial charge is 0.570 e. The second kappa shape index (κ2) is 6.23. The molecule has 0 radical (unpaired) electrons. The van der Waals surface area contributed by atoms with Crippen molar-refractivity contribution in [1.29, 1.82) is 0 Å². The summed E-state index contributed by atoms with van der Waals surface area (Å²) in [5.74, 6) is 0.423. The summed E-state index contributed by atoms with van der Waals surface area (Å²) in [5, 5.41) is 14.2. The summed E-state index contributed by atoms with van der Waals surface area (Å²) in [6, 6.07) is -0.0297. The van der Waals surface area contributed by atoms with E-state index < -0.39 is 0 Å². The lowest BCUT2D eigenvalue weighted by molar-refractivity contribution is -0.645. The highest BCUT2D eigenvalue weighted by atomic mass is 32.2. The molecule has 0 fully saturated rings. The molecular weight excluding hydrogens is 166 g/mol. The van der Waals surface area contributed by atoms with Crippen LogP contribution in [0.4, 0.5) is 0 Å². The Hall–Kier alpha value is -0.490. The van der Waals surface area contributed by atoms with Gasteiger partial charge in [-0.15, -0.1) is 11.8 Å². The lowest BCUT2D eigenvalue weighted by atomic mass is 10.4. The normalized spacial score (nSPS) is 12.2. The Kier molecular flexibility index (Phi) is 5.96. The van der Waals surface area contributed by atoms with E-state index in [0.29, 0.717) is 10.9 Å². The van der Waals surface area contributed by atoms with Gasteiger partial charge in [-0.1, -0.05) is 0 Å². The summed E-state index contributed by atoms with van der Waals surface area (Å²) in [5.41, 5.74) is 2.11. The van der Waals surface area contributed by atoms with Crippen LogP contribution >= 0.6 is 11.8 Å². The Labute approximate surface area is 70.3 Å². The highest BCUT2D eigenvalue weighted by molar-refractivity contribution is 7.98. The first-order valence-corrected chi connectivity index (χ1v) is 4.60. The van der Waals surface area contributed by atoms with Crippen LogP contribution in [0.25, 0.3) is 0 Å². The van der Waals surface area contributed by atoms with Crippen LogP contribution in [0.1, 0.15) is 13.8 Å². The maximum atomic E-state index is 10.6. The van der Waals surface area contributed by atoms with E-state index in [1.54, 1.807) is 13.8 Å². The van der Waals surface area contributed by atoms with Gasteiger partial charge in [-0.3, -0.25) is 0 Å². The van der Waals surface area contributed by atoms with Gasteiger partial charge in [-0.2, -0.15) is 0 Å². The SMILES string of the molecule is CSCON[N+]([O-])=NC(C)C. The highest BCUT2D eigenvalue weighted by Gasteiger charge is 1.96. The maximum absolute atomic E-state index is 10.6. The van der Waals surface area contributed by atoms with Gasteiger partial charge in [0.25, 0.3) is 0 Å². The molecule has 0 aromatic rings. The first-order chi connectivity index (χ1) is 5.16. The molecule has 5 nitrogen and oxygen atoms in total. The minimum Gasteiger partial charge on any atom is -0.570 e. The van der Waals surface area contributed by atoms with Crippen LogP contribution in [0.5, 0.6) is 0 Å². The Morgan fingerprint density at radius 2 is 2.36 bits per heavy atom. The van der Waals surface area contributed by atoms with Crippen LogP contribution < -0.4 is 5.59 Å². The minimum absolute atomic E-state index is 0.0297. The average Bonchev–Trinajstić information content (AvgIpc) is 1.86. The molecule has 0 aliphatic rings. The molecule has 0 aliphatic heterocycles. The molecule has 1 N–H and O–H groups in total. The van der Waals surface area contributed by atoms with E-state index in [1.807, 2.05) is 6.26 Å². The van der Waals surface area contributed by atoms with Crippen molar-refractivity contribution in [2.24, 2.45) is 5.11 Å². The van der Waals surface area contributed by atoms with Crippen molar-refractivity contribution in [3.8, 4) is 0 Å². The van der Waals surface area contributed by atoms with Crippen LogP contribution in [0.15, 0.2) is 5.11 Å². The third-order valence-corrected chi connectivity index (χ3v) is 1.01. The number of hydrogen-bond donors (Lipinski definition) is 1. The monoisotopic (exact) mass is 179 g/mol. The molecule has 0 aliphatic carbocycles. The summed E-state index contributed by atoms with van der Waals surface area (Å²) in [4.78, 5) is 5.00. The molecule has 0 heterocycles. The van der Waals surface area contributed by atoms with Crippen LogP contribution in [0.3, 0.4) is 0 Å². The van der Waals surface area contributed by atoms with Crippen molar-refractivity contribution in [1.82, 2.24) is 5.59 Å². The fourth-order valence-corrected chi connectivity index (χ4v) is 0.544. The Bertz CT molecular complexity index is 129. The third kappa shape index (κ3) is 7.41. The summed E-state index contributed by atoms with van der Waals surface area (Å²) in [6.07, 6.45) is 1.87. The molecular formula is C5H13N3O2S. The number of rotatable bonds is 5. The van der Waals surface area contributed by atoms with Gasteiger partial charge in [0.1, 0.15) is 12.0 Å². The number of nitrogens with zero attached hydrogens (tertiary/aromatic N) is 2. The summed E-state index contributed by atoms with van der Waals surface area (Å²) in [7, 11) is 0. The van der Waals surface area contributed by atoms with Crippen molar-refractivity contribution >= 4 is 11.8 Å². The van der Waals surface area contributed by atoms with E-state index in [1.165, 1.54) is 11.8 Å². The van der Waals surface area contributed by atoms with E-state index in [2.05, 4.69) is 15.5 Å². The number of nitrogens with one attached hydrogen (secondary N) is 1. The van der Waals surface area contributed by atoms with Crippen LogP contribution in [-0.2, 0) is 4.84 Å². The molecule has 0 saturated heterocycles. The van der Waals surface area contributed by atoms with Crippen LogP contribution in [0.2, 0.25) is 0 Å². The molecule has 6 heteroatoms. The molecule has 66 valence electrons. The second-order valence-electron chi connectivity index (χ2n) is 2.12. The molecule has 0 unspecified atom stereocenters. The van der Waals surface area contributed by atoms with Gasteiger partial charge in [0.15, 0.2) is 0 Å². The molecule has 11 heavy (non-hydrogen) atoms. The Morgan fingerprint density at radius 3 is 2.82 bits per heavy atom. The summed E-state index contributed by atoms with van der Waals surface area (Å²) in [6.45, 7) is 3.61. The average molecular weight is 179 g/mol.